The maximum Gasteiger partial charge on any atom is 0.205 e. The van der Waals surface area contributed by atoms with E-state index < -0.39 is 15.9 Å². The zero-order chi connectivity index (χ0) is 11.6. The van der Waals surface area contributed by atoms with Crippen LogP contribution in [0.3, 0.4) is 0 Å². The summed E-state index contributed by atoms with van der Waals surface area (Å²) in [6.45, 7) is 0. The minimum absolute atomic E-state index is 0.0706. The van der Waals surface area contributed by atoms with Crippen LogP contribution in [0.5, 0.6) is 0 Å². The fourth-order valence-electron chi connectivity index (χ4n) is 1.60. The van der Waals surface area contributed by atoms with Gasteiger partial charge in [0.05, 0.1) is 15.9 Å². The highest BCUT2D eigenvalue weighted by molar-refractivity contribution is 7.95. The normalized spacial score (nSPS) is 20.6. The Morgan fingerprint density at radius 3 is 2.50 bits per heavy atom. The zero-order valence-corrected chi connectivity index (χ0v) is 9.39. The number of hydrogen-bond acceptors (Lipinski definition) is 3. The van der Waals surface area contributed by atoms with Gasteiger partial charge in [0.1, 0.15) is 0 Å². The second kappa shape index (κ2) is 4.23. The summed E-state index contributed by atoms with van der Waals surface area (Å²) in [6.07, 6.45) is 4.27. The summed E-state index contributed by atoms with van der Waals surface area (Å²) < 4.78 is 24.3. The average Bonchev–Trinajstić information content (AvgIpc) is 2.30. The molecule has 0 aliphatic heterocycles. The molecule has 0 heterocycles. The summed E-state index contributed by atoms with van der Waals surface area (Å²) in [7, 11) is -3.55. The van der Waals surface area contributed by atoms with Crippen LogP contribution in [-0.4, -0.2) is 19.6 Å². The van der Waals surface area contributed by atoms with Crippen LogP contribution in [0.4, 0.5) is 0 Å². The predicted octanol–water partition coefficient (Wildman–Crippen LogP) is 1.67. The minimum atomic E-state index is -3.55. The first-order chi connectivity index (χ1) is 7.62. The van der Waals surface area contributed by atoms with Gasteiger partial charge in [-0.2, -0.15) is 0 Å². The number of sulfone groups is 1. The van der Waals surface area contributed by atoms with Gasteiger partial charge in [-0.25, -0.2) is 8.42 Å². The van der Waals surface area contributed by atoms with Gasteiger partial charge >= 0.3 is 0 Å². The van der Waals surface area contributed by atoms with Crippen LogP contribution in [-0.2, 0) is 9.84 Å². The first kappa shape index (κ1) is 11.1. The number of aliphatic hydroxyl groups excluding tert-OH is 1. The molecular formula is C12H12O3S. The van der Waals surface area contributed by atoms with Gasteiger partial charge in [0.2, 0.25) is 9.84 Å². The van der Waals surface area contributed by atoms with Gasteiger partial charge in [-0.15, -0.1) is 0 Å². The van der Waals surface area contributed by atoms with E-state index in [0.29, 0.717) is 6.42 Å². The molecule has 1 unspecified atom stereocenters. The molecule has 0 aromatic heterocycles. The van der Waals surface area contributed by atoms with E-state index in [4.69, 9.17) is 0 Å². The van der Waals surface area contributed by atoms with Gasteiger partial charge in [0, 0.05) is 0 Å². The molecule has 0 bridgehead atoms. The molecule has 0 saturated heterocycles. The Morgan fingerprint density at radius 1 is 1.19 bits per heavy atom. The third-order valence-corrected chi connectivity index (χ3v) is 4.37. The fraction of sp³-hybridized carbons (Fsp3) is 0.167. The fourth-order valence-corrected chi connectivity index (χ4v) is 3.10. The molecule has 0 amide bonds. The molecule has 1 atom stereocenters. The molecule has 0 saturated carbocycles. The highest BCUT2D eigenvalue weighted by Crippen LogP contribution is 2.25. The van der Waals surface area contributed by atoms with E-state index in [0.717, 1.165) is 0 Å². The monoisotopic (exact) mass is 236 g/mol. The summed E-state index contributed by atoms with van der Waals surface area (Å²) in [6, 6.07) is 8.14. The lowest BCUT2D eigenvalue weighted by Gasteiger charge is -2.16. The van der Waals surface area contributed by atoms with Crippen LogP contribution in [0.2, 0.25) is 0 Å². The molecule has 0 spiro atoms. The predicted molar refractivity (Wildman–Crippen MR) is 61.5 cm³/mol. The second-order valence-electron chi connectivity index (χ2n) is 3.57. The topological polar surface area (TPSA) is 54.4 Å². The zero-order valence-electron chi connectivity index (χ0n) is 8.58. The van der Waals surface area contributed by atoms with Crippen molar-refractivity contribution < 1.29 is 13.5 Å². The van der Waals surface area contributed by atoms with Gasteiger partial charge < -0.3 is 5.11 Å². The Bertz CT molecular complexity index is 527. The molecule has 2 rings (SSSR count). The number of aliphatic hydroxyl groups is 1. The van der Waals surface area contributed by atoms with Gasteiger partial charge in [-0.05, 0) is 24.6 Å². The highest BCUT2D eigenvalue weighted by atomic mass is 32.2. The Labute approximate surface area is 94.7 Å². The molecule has 1 aliphatic rings. The van der Waals surface area contributed by atoms with E-state index in [1.165, 1.54) is 18.2 Å². The summed E-state index contributed by atoms with van der Waals surface area (Å²) in [5, 5.41) is 9.67. The van der Waals surface area contributed by atoms with Crippen molar-refractivity contribution in [1.29, 1.82) is 0 Å². The summed E-state index contributed by atoms with van der Waals surface area (Å²) in [5.41, 5.74) is 0. The van der Waals surface area contributed by atoms with Crippen LogP contribution in [0, 0.1) is 0 Å². The number of hydrogen-bond donors (Lipinski definition) is 1. The molecule has 1 N–H and O–H groups in total. The van der Waals surface area contributed by atoms with Crippen LogP contribution >= 0.6 is 0 Å². The lowest BCUT2D eigenvalue weighted by Crippen LogP contribution is -2.19. The molecule has 0 fully saturated rings. The molecule has 1 aromatic carbocycles. The van der Waals surface area contributed by atoms with Gasteiger partial charge in [0.15, 0.2) is 0 Å². The van der Waals surface area contributed by atoms with Crippen LogP contribution in [0.25, 0.3) is 0 Å². The first-order valence-electron chi connectivity index (χ1n) is 4.97. The summed E-state index contributed by atoms with van der Waals surface area (Å²) in [5.74, 6) is 0. The van der Waals surface area contributed by atoms with Crippen molar-refractivity contribution in [3.05, 3.63) is 53.5 Å². The molecular weight excluding hydrogens is 224 g/mol. The number of allylic oxidation sites excluding steroid dienone is 2. The largest absolute Gasteiger partial charge is 0.387 e. The van der Waals surface area contributed by atoms with E-state index >= 15 is 0 Å². The number of rotatable bonds is 2. The Kier molecular flexibility index (Phi) is 2.94. The van der Waals surface area contributed by atoms with Gasteiger partial charge in [-0.1, -0.05) is 30.4 Å². The van der Waals surface area contributed by atoms with E-state index in [2.05, 4.69) is 0 Å². The number of benzene rings is 1. The van der Waals surface area contributed by atoms with Crippen molar-refractivity contribution in [1.82, 2.24) is 0 Å². The van der Waals surface area contributed by atoms with E-state index in [-0.39, 0.29) is 9.80 Å². The van der Waals surface area contributed by atoms with Gasteiger partial charge in [0.25, 0.3) is 0 Å². The van der Waals surface area contributed by atoms with Crippen LogP contribution in [0.1, 0.15) is 6.42 Å². The Hall–Kier alpha value is -1.39. The maximum absolute atomic E-state index is 12.1. The summed E-state index contributed by atoms with van der Waals surface area (Å²) >= 11 is 0. The SMILES string of the molecule is O=S(=O)(C1=CC=CCC1O)c1ccccc1. The first-order valence-corrected chi connectivity index (χ1v) is 6.45. The van der Waals surface area contributed by atoms with Crippen LogP contribution in [0.15, 0.2) is 58.4 Å². The molecule has 1 aromatic rings. The highest BCUT2D eigenvalue weighted by Gasteiger charge is 2.26. The van der Waals surface area contributed by atoms with Crippen molar-refractivity contribution in [2.75, 3.05) is 0 Å². The minimum Gasteiger partial charge on any atom is -0.387 e. The molecule has 16 heavy (non-hydrogen) atoms. The van der Waals surface area contributed by atoms with Gasteiger partial charge in [-0.3, -0.25) is 0 Å². The van der Waals surface area contributed by atoms with E-state index in [1.54, 1.807) is 30.4 Å². The second-order valence-corrected chi connectivity index (χ2v) is 5.51. The van der Waals surface area contributed by atoms with Crippen molar-refractivity contribution in [2.45, 2.75) is 17.4 Å². The standard InChI is InChI=1S/C12H12O3S/c13-11-8-4-5-9-12(11)16(14,15)10-6-2-1-3-7-10/h1-7,9,11,13H,8H2. The quantitative estimate of drug-likeness (QED) is 0.849. The molecule has 1 aliphatic carbocycles. The average molecular weight is 236 g/mol. The van der Waals surface area contributed by atoms with Crippen LogP contribution < -0.4 is 0 Å². The Morgan fingerprint density at radius 2 is 1.88 bits per heavy atom. The van der Waals surface area contributed by atoms with E-state index in [1.807, 2.05) is 0 Å². The van der Waals surface area contributed by atoms with Crippen molar-refractivity contribution in [3.63, 3.8) is 0 Å². The van der Waals surface area contributed by atoms with Crippen molar-refractivity contribution >= 4 is 9.84 Å². The van der Waals surface area contributed by atoms with Crippen molar-refractivity contribution in [3.8, 4) is 0 Å². The molecule has 3 nitrogen and oxygen atoms in total. The molecule has 4 heteroatoms. The third-order valence-electron chi connectivity index (χ3n) is 2.45. The molecule has 84 valence electrons. The summed E-state index contributed by atoms with van der Waals surface area (Å²) in [4.78, 5) is 0.289. The maximum atomic E-state index is 12.1. The Balaban J connectivity index is 2.48. The third kappa shape index (κ3) is 1.94. The molecule has 0 radical (unpaired) electrons. The van der Waals surface area contributed by atoms with Crippen molar-refractivity contribution in [2.24, 2.45) is 0 Å². The lowest BCUT2D eigenvalue weighted by atomic mass is 10.1. The van der Waals surface area contributed by atoms with E-state index in [9.17, 15) is 13.5 Å². The lowest BCUT2D eigenvalue weighted by molar-refractivity contribution is 0.220. The smallest absolute Gasteiger partial charge is 0.205 e.